The van der Waals surface area contributed by atoms with Crippen molar-refractivity contribution in [3.05, 3.63) is 170 Å². The van der Waals surface area contributed by atoms with E-state index >= 15 is 0 Å². The number of benzene rings is 6. The number of nitrogens with zero attached hydrogens (tertiary/aromatic N) is 8. The van der Waals surface area contributed by atoms with Gasteiger partial charge in [0.05, 0.1) is 11.0 Å². The standard InChI is InChI=1S/C44H28N8/c1-5-17-29(18-6-1)38-45-39(30-19-7-2-8-20-30)48-43(47-38)51-35-27-15-13-25-33(35)37-34-26-14-16-28-36(34)52(42(37)51)44-49-40(31-21-9-3-10-22-31)46-41(50-44)32-23-11-4-12-24-32/h1-28H. The maximum absolute atomic E-state index is 5.18. The summed E-state index contributed by atoms with van der Waals surface area (Å²) in [5.41, 5.74) is 6.34. The predicted molar refractivity (Wildman–Crippen MR) is 206 cm³/mol. The van der Waals surface area contributed by atoms with Gasteiger partial charge in [-0.3, -0.25) is 9.13 Å². The molecule has 0 spiro atoms. The van der Waals surface area contributed by atoms with Crippen LogP contribution in [0.2, 0.25) is 0 Å². The van der Waals surface area contributed by atoms with E-state index in [2.05, 4.69) is 45.5 Å². The molecule has 0 atom stereocenters. The molecule has 0 N–H and O–H groups in total. The van der Waals surface area contributed by atoms with Crippen molar-refractivity contribution in [3.63, 3.8) is 0 Å². The molecule has 0 aliphatic heterocycles. The maximum atomic E-state index is 5.18. The normalized spacial score (nSPS) is 11.5. The zero-order valence-electron chi connectivity index (χ0n) is 27.7. The molecule has 4 aromatic heterocycles. The number of aromatic nitrogens is 8. The molecule has 0 amide bonds. The van der Waals surface area contributed by atoms with Gasteiger partial charge in [-0.05, 0) is 12.1 Å². The van der Waals surface area contributed by atoms with Crippen molar-refractivity contribution in [2.75, 3.05) is 0 Å². The predicted octanol–water partition coefficient (Wildman–Crippen LogP) is 9.77. The Balaban J connectivity index is 1.34. The van der Waals surface area contributed by atoms with Crippen molar-refractivity contribution in [1.82, 2.24) is 39.0 Å². The summed E-state index contributed by atoms with van der Waals surface area (Å²) >= 11 is 0. The Labute approximate surface area is 298 Å². The SMILES string of the molecule is c1ccc(-c2nc(-c3ccccc3)nc(-n3c4ccccc4c4c5ccccc5n(-c5nc(-c6ccccc6)nc(-c6ccccc6)n5)c43)n2)cc1. The largest absolute Gasteiger partial charge is 0.263 e. The molecule has 10 rings (SSSR count). The number of rotatable bonds is 6. The summed E-state index contributed by atoms with van der Waals surface area (Å²) in [6, 6.07) is 56.9. The van der Waals surface area contributed by atoms with Crippen LogP contribution < -0.4 is 0 Å². The lowest BCUT2D eigenvalue weighted by atomic mass is 10.1. The minimum absolute atomic E-state index is 0.489. The first-order valence-corrected chi connectivity index (χ1v) is 17.1. The molecule has 10 aromatic rings. The smallest absolute Gasteiger partial charge is 0.239 e. The van der Waals surface area contributed by atoms with Crippen LogP contribution >= 0.6 is 0 Å². The molecular formula is C44H28N8. The third-order valence-electron chi connectivity index (χ3n) is 9.25. The van der Waals surface area contributed by atoms with Crippen molar-refractivity contribution in [2.45, 2.75) is 0 Å². The molecule has 0 aliphatic rings. The van der Waals surface area contributed by atoms with E-state index < -0.39 is 0 Å². The average molecular weight is 669 g/mol. The summed E-state index contributed by atoms with van der Waals surface area (Å²) in [7, 11) is 0. The summed E-state index contributed by atoms with van der Waals surface area (Å²) in [4.78, 5) is 30.7. The van der Waals surface area contributed by atoms with Crippen LogP contribution in [0.15, 0.2) is 170 Å². The van der Waals surface area contributed by atoms with Crippen LogP contribution in [0, 0.1) is 0 Å². The van der Waals surface area contributed by atoms with Crippen molar-refractivity contribution in [3.8, 4) is 57.4 Å². The van der Waals surface area contributed by atoms with Crippen LogP contribution in [-0.2, 0) is 0 Å². The van der Waals surface area contributed by atoms with E-state index in [1.165, 1.54) is 0 Å². The van der Waals surface area contributed by atoms with Gasteiger partial charge in [0.15, 0.2) is 23.3 Å². The summed E-state index contributed by atoms with van der Waals surface area (Å²) < 4.78 is 4.25. The molecule has 52 heavy (non-hydrogen) atoms. The van der Waals surface area contributed by atoms with Crippen LogP contribution in [0.5, 0.6) is 0 Å². The lowest BCUT2D eigenvalue weighted by Gasteiger charge is -2.14. The van der Waals surface area contributed by atoms with Gasteiger partial charge >= 0.3 is 0 Å². The quantitative estimate of drug-likeness (QED) is 0.175. The Hall–Kier alpha value is -7.32. The van der Waals surface area contributed by atoms with Crippen LogP contribution in [-0.4, -0.2) is 39.0 Å². The molecule has 0 saturated heterocycles. The maximum Gasteiger partial charge on any atom is 0.239 e. The van der Waals surface area contributed by atoms with Gasteiger partial charge < -0.3 is 0 Å². The number of hydrogen-bond donors (Lipinski definition) is 0. The van der Waals surface area contributed by atoms with E-state index in [1.54, 1.807) is 0 Å². The third kappa shape index (κ3) is 4.93. The molecule has 8 nitrogen and oxygen atoms in total. The molecule has 244 valence electrons. The second-order valence-electron chi connectivity index (χ2n) is 12.4. The van der Waals surface area contributed by atoms with Crippen molar-refractivity contribution in [1.29, 1.82) is 0 Å². The lowest BCUT2D eigenvalue weighted by molar-refractivity contribution is 0.901. The fourth-order valence-corrected chi connectivity index (χ4v) is 6.90. The molecule has 0 bridgehead atoms. The highest BCUT2D eigenvalue weighted by Gasteiger charge is 2.26. The summed E-state index contributed by atoms with van der Waals surface area (Å²) in [6.07, 6.45) is 0. The molecule has 0 aliphatic carbocycles. The second-order valence-corrected chi connectivity index (χ2v) is 12.4. The molecule has 8 heteroatoms. The van der Waals surface area contributed by atoms with E-state index in [9.17, 15) is 0 Å². The molecule has 0 saturated carbocycles. The Kier molecular flexibility index (Phi) is 6.95. The summed E-state index contributed by atoms with van der Waals surface area (Å²) in [5.74, 6) is 3.30. The van der Waals surface area contributed by atoms with Gasteiger partial charge in [-0.15, -0.1) is 0 Å². The number of hydrogen-bond acceptors (Lipinski definition) is 6. The molecule has 0 unspecified atom stereocenters. The van der Waals surface area contributed by atoms with Gasteiger partial charge in [0.1, 0.15) is 5.65 Å². The van der Waals surface area contributed by atoms with Crippen LogP contribution in [0.25, 0.3) is 90.3 Å². The topological polar surface area (TPSA) is 87.2 Å². The van der Waals surface area contributed by atoms with Crippen LogP contribution in [0.3, 0.4) is 0 Å². The molecule has 0 radical (unpaired) electrons. The van der Waals surface area contributed by atoms with Gasteiger partial charge in [-0.25, -0.2) is 9.97 Å². The Morgan fingerprint density at radius 2 is 0.577 bits per heavy atom. The highest BCUT2D eigenvalue weighted by Crippen LogP contribution is 2.40. The van der Waals surface area contributed by atoms with Crippen molar-refractivity contribution < 1.29 is 0 Å². The fraction of sp³-hybridized carbons (Fsp3) is 0. The van der Waals surface area contributed by atoms with Gasteiger partial charge in [-0.2, -0.15) is 19.9 Å². The Morgan fingerprint density at radius 1 is 0.288 bits per heavy atom. The van der Waals surface area contributed by atoms with Gasteiger partial charge in [0.25, 0.3) is 0 Å². The first-order chi connectivity index (χ1) is 25.8. The van der Waals surface area contributed by atoms with E-state index in [0.717, 1.165) is 55.1 Å². The fourth-order valence-electron chi connectivity index (χ4n) is 6.90. The zero-order chi connectivity index (χ0) is 34.4. The van der Waals surface area contributed by atoms with E-state index in [4.69, 9.17) is 29.9 Å². The minimum atomic E-state index is 0.489. The highest BCUT2D eigenvalue weighted by molar-refractivity contribution is 6.22. The average Bonchev–Trinajstić information content (AvgIpc) is 3.74. The van der Waals surface area contributed by atoms with Gasteiger partial charge in [0.2, 0.25) is 11.9 Å². The zero-order valence-corrected chi connectivity index (χ0v) is 27.7. The number of para-hydroxylation sites is 2. The Morgan fingerprint density at radius 3 is 0.904 bits per heavy atom. The molecular weight excluding hydrogens is 641 g/mol. The molecule has 4 heterocycles. The lowest BCUT2D eigenvalue weighted by Crippen LogP contribution is -2.11. The Bertz CT molecular complexity index is 2570. The molecule has 0 fully saturated rings. The highest BCUT2D eigenvalue weighted by atomic mass is 15.3. The van der Waals surface area contributed by atoms with Crippen molar-refractivity contribution in [2.24, 2.45) is 0 Å². The minimum Gasteiger partial charge on any atom is -0.263 e. The van der Waals surface area contributed by atoms with E-state index in [-0.39, 0.29) is 0 Å². The van der Waals surface area contributed by atoms with E-state index in [1.807, 2.05) is 133 Å². The van der Waals surface area contributed by atoms with Crippen LogP contribution in [0.1, 0.15) is 0 Å². The van der Waals surface area contributed by atoms with E-state index in [0.29, 0.717) is 35.2 Å². The first-order valence-electron chi connectivity index (χ1n) is 17.1. The first kappa shape index (κ1) is 29.6. The van der Waals surface area contributed by atoms with Gasteiger partial charge in [0, 0.05) is 38.4 Å². The number of fused-ring (bicyclic) bond motifs is 5. The van der Waals surface area contributed by atoms with Gasteiger partial charge in [-0.1, -0.05) is 158 Å². The third-order valence-corrected chi connectivity index (χ3v) is 9.25. The molecule has 6 aromatic carbocycles. The summed E-state index contributed by atoms with van der Waals surface area (Å²) in [5, 5.41) is 3.18. The second kappa shape index (κ2) is 12.2. The summed E-state index contributed by atoms with van der Waals surface area (Å²) in [6.45, 7) is 0. The van der Waals surface area contributed by atoms with Crippen LogP contribution in [0.4, 0.5) is 0 Å². The monoisotopic (exact) mass is 668 g/mol. The van der Waals surface area contributed by atoms with Crippen molar-refractivity contribution >= 4 is 32.8 Å².